The SMILES string of the molecule is COc1cccc(Nc2ccnc(Nc3cc(OC)c(OC)c(OC)c3)n2)c1. The third kappa shape index (κ3) is 4.35. The summed E-state index contributed by atoms with van der Waals surface area (Å²) in [6.45, 7) is 0. The second-order valence-electron chi connectivity index (χ2n) is 5.66. The summed E-state index contributed by atoms with van der Waals surface area (Å²) in [5, 5.41) is 6.38. The van der Waals surface area contributed by atoms with Crippen molar-refractivity contribution in [3.8, 4) is 23.0 Å². The van der Waals surface area contributed by atoms with Gasteiger partial charge in [0.1, 0.15) is 11.6 Å². The van der Waals surface area contributed by atoms with Crippen molar-refractivity contribution in [1.29, 1.82) is 0 Å². The molecule has 1 aromatic heterocycles. The molecule has 0 fully saturated rings. The first-order chi connectivity index (χ1) is 13.7. The van der Waals surface area contributed by atoms with E-state index in [1.807, 2.05) is 24.3 Å². The summed E-state index contributed by atoms with van der Waals surface area (Å²) in [5.74, 6) is 3.41. The molecule has 0 radical (unpaired) electrons. The van der Waals surface area contributed by atoms with Crippen LogP contribution in [0.1, 0.15) is 0 Å². The standard InChI is InChI=1S/C20H22N4O4/c1-25-15-7-5-6-13(10-15)22-18-8-9-21-20(24-18)23-14-11-16(26-2)19(28-4)17(12-14)27-3/h5-12H,1-4H3,(H2,21,22,23,24). The number of nitrogens with zero attached hydrogens (tertiary/aromatic N) is 2. The van der Waals surface area contributed by atoms with Crippen molar-refractivity contribution in [1.82, 2.24) is 9.97 Å². The number of methoxy groups -OCH3 is 4. The van der Waals surface area contributed by atoms with Crippen molar-refractivity contribution >= 4 is 23.1 Å². The molecule has 3 aromatic rings. The first-order valence-corrected chi connectivity index (χ1v) is 8.48. The van der Waals surface area contributed by atoms with E-state index in [1.54, 1.807) is 52.8 Å². The lowest BCUT2D eigenvalue weighted by molar-refractivity contribution is 0.324. The van der Waals surface area contributed by atoms with Crippen LogP contribution in [0.3, 0.4) is 0 Å². The minimum atomic E-state index is 0.419. The molecule has 0 bridgehead atoms. The van der Waals surface area contributed by atoms with E-state index in [4.69, 9.17) is 18.9 Å². The van der Waals surface area contributed by atoms with E-state index in [1.165, 1.54) is 0 Å². The molecule has 0 saturated heterocycles. The van der Waals surface area contributed by atoms with E-state index >= 15 is 0 Å². The smallest absolute Gasteiger partial charge is 0.229 e. The fourth-order valence-electron chi connectivity index (χ4n) is 2.62. The van der Waals surface area contributed by atoms with Gasteiger partial charge < -0.3 is 29.6 Å². The number of benzene rings is 2. The van der Waals surface area contributed by atoms with Crippen LogP contribution in [0.2, 0.25) is 0 Å². The molecule has 28 heavy (non-hydrogen) atoms. The van der Waals surface area contributed by atoms with Crippen molar-refractivity contribution in [2.45, 2.75) is 0 Å². The molecule has 0 atom stereocenters. The predicted molar refractivity (Wildman–Crippen MR) is 108 cm³/mol. The van der Waals surface area contributed by atoms with E-state index < -0.39 is 0 Å². The van der Waals surface area contributed by atoms with Crippen molar-refractivity contribution in [2.75, 3.05) is 39.1 Å². The Bertz CT molecular complexity index is 924. The van der Waals surface area contributed by atoms with Gasteiger partial charge in [0.2, 0.25) is 11.7 Å². The Hall–Kier alpha value is -3.68. The fourth-order valence-corrected chi connectivity index (χ4v) is 2.62. The molecule has 0 unspecified atom stereocenters. The zero-order valence-electron chi connectivity index (χ0n) is 16.1. The Balaban J connectivity index is 1.83. The molecule has 3 rings (SSSR count). The molecule has 2 N–H and O–H groups in total. The monoisotopic (exact) mass is 382 g/mol. The average Bonchev–Trinajstić information content (AvgIpc) is 2.73. The normalized spacial score (nSPS) is 10.1. The highest BCUT2D eigenvalue weighted by molar-refractivity contribution is 5.66. The predicted octanol–water partition coefficient (Wildman–Crippen LogP) is 4.00. The second kappa shape index (κ2) is 8.81. The van der Waals surface area contributed by atoms with Gasteiger partial charge >= 0.3 is 0 Å². The Labute approximate surface area is 163 Å². The molecule has 0 aliphatic carbocycles. The van der Waals surface area contributed by atoms with Crippen LogP contribution >= 0.6 is 0 Å². The van der Waals surface area contributed by atoms with Crippen molar-refractivity contribution in [3.05, 3.63) is 48.7 Å². The van der Waals surface area contributed by atoms with Gasteiger partial charge in [0.25, 0.3) is 0 Å². The summed E-state index contributed by atoms with van der Waals surface area (Å²) in [7, 11) is 6.32. The maximum Gasteiger partial charge on any atom is 0.229 e. The summed E-state index contributed by atoms with van der Waals surface area (Å²) in [5.41, 5.74) is 1.56. The molecule has 0 spiro atoms. The molecular formula is C20H22N4O4. The van der Waals surface area contributed by atoms with Gasteiger partial charge in [-0.2, -0.15) is 4.98 Å². The molecule has 146 valence electrons. The topological polar surface area (TPSA) is 86.8 Å². The van der Waals surface area contributed by atoms with Crippen LogP contribution in [0.25, 0.3) is 0 Å². The summed E-state index contributed by atoms with van der Waals surface area (Å²) in [4.78, 5) is 8.75. The van der Waals surface area contributed by atoms with Gasteiger partial charge in [-0.05, 0) is 18.2 Å². The number of rotatable bonds is 8. The van der Waals surface area contributed by atoms with Gasteiger partial charge in [-0.15, -0.1) is 0 Å². The van der Waals surface area contributed by atoms with Gasteiger partial charge in [-0.1, -0.05) is 6.07 Å². The summed E-state index contributed by atoms with van der Waals surface area (Å²) < 4.78 is 21.3. The van der Waals surface area contributed by atoms with Crippen LogP contribution < -0.4 is 29.6 Å². The molecule has 0 amide bonds. The molecule has 8 heteroatoms. The molecule has 0 saturated carbocycles. The Morgan fingerprint density at radius 3 is 2.14 bits per heavy atom. The molecule has 2 aromatic carbocycles. The van der Waals surface area contributed by atoms with Gasteiger partial charge in [0, 0.05) is 35.8 Å². The maximum absolute atomic E-state index is 5.37. The van der Waals surface area contributed by atoms with Gasteiger partial charge in [0.05, 0.1) is 28.4 Å². The lowest BCUT2D eigenvalue weighted by Crippen LogP contribution is -2.02. The van der Waals surface area contributed by atoms with Gasteiger partial charge in [0.15, 0.2) is 11.5 Å². The highest BCUT2D eigenvalue weighted by Gasteiger charge is 2.14. The van der Waals surface area contributed by atoms with Crippen molar-refractivity contribution < 1.29 is 18.9 Å². The molecule has 0 aliphatic heterocycles. The number of anilines is 4. The van der Waals surface area contributed by atoms with Crippen LogP contribution in [-0.2, 0) is 0 Å². The lowest BCUT2D eigenvalue weighted by Gasteiger charge is -2.15. The fraction of sp³-hybridized carbons (Fsp3) is 0.200. The Morgan fingerprint density at radius 2 is 1.50 bits per heavy atom. The van der Waals surface area contributed by atoms with E-state index in [0.29, 0.717) is 34.7 Å². The quantitative estimate of drug-likeness (QED) is 0.605. The number of aromatic nitrogens is 2. The van der Waals surface area contributed by atoms with Crippen LogP contribution in [0, 0.1) is 0 Å². The van der Waals surface area contributed by atoms with Crippen LogP contribution in [0.15, 0.2) is 48.7 Å². The summed E-state index contributed by atoms with van der Waals surface area (Å²) in [6.07, 6.45) is 1.66. The number of hydrogen-bond donors (Lipinski definition) is 2. The largest absolute Gasteiger partial charge is 0.497 e. The van der Waals surface area contributed by atoms with Crippen LogP contribution in [0.4, 0.5) is 23.1 Å². The van der Waals surface area contributed by atoms with Gasteiger partial charge in [-0.25, -0.2) is 4.98 Å². The first-order valence-electron chi connectivity index (χ1n) is 8.48. The molecule has 1 heterocycles. The van der Waals surface area contributed by atoms with Crippen LogP contribution in [0.5, 0.6) is 23.0 Å². The summed E-state index contributed by atoms with van der Waals surface area (Å²) in [6, 6.07) is 12.9. The third-order valence-electron chi connectivity index (χ3n) is 3.92. The Kier molecular flexibility index (Phi) is 6.01. The second-order valence-corrected chi connectivity index (χ2v) is 5.66. The van der Waals surface area contributed by atoms with Crippen LogP contribution in [-0.4, -0.2) is 38.4 Å². The molecular weight excluding hydrogens is 360 g/mol. The lowest BCUT2D eigenvalue weighted by atomic mass is 10.2. The average molecular weight is 382 g/mol. The summed E-state index contributed by atoms with van der Waals surface area (Å²) >= 11 is 0. The number of hydrogen-bond acceptors (Lipinski definition) is 8. The minimum Gasteiger partial charge on any atom is -0.497 e. The van der Waals surface area contributed by atoms with E-state index in [-0.39, 0.29) is 0 Å². The molecule has 8 nitrogen and oxygen atoms in total. The minimum absolute atomic E-state index is 0.419. The first kappa shape index (κ1) is 19.1. The van der Waals surface area contributed by atoms with Crippen molar-refractivity contribution in [2.24, 2.45) is 0 Å². The van der Waals surface area contributed by atoms with Gasteiger partial charge in [-0.3, -0.25) is 0 Å². The number of nitrogens with one attached hydrogen (secondary N) is 2. The maximum atomic E-state index is 5.37. The molecule has 0 aliphatic rings. The zero-order chi connectivity index (χ0) is 19.9. The Morgan fingerprint density at radius 1 is 0.750 bits per heavy atom. The highest BCUT2D eigenvalue weighted by atomic mass is 16.5. The van der Waals surface area contributed by atoms with E-state index in [9.17, 15) is 0 Å². The zero-order valence-corrected chi connectivity index (χ0v) is 16.1. The highest BCUT2D eigenvalue weighted by Crippen LogP contribution is 2.40. The number of ether oxygens (including phenoxy) is 4. The third-order valence-corrected chi connectivity index (χ3v) is 3.92. The van der Waals surface area contributed by atoms with E-state index in [0.717, 1.165) is 11.4 Å². The van der Waals surface area contributed by atoms with E-state index in [2.05, 4.69) is 20.6 Å². The van der Waals surface area contributed by atoms with Crippen molar-refractivity contribution in [3.63, 3.8) is 0 Å².